The van der Waals surface area contributed by atoms with E-state index in [1.807, 2.05) is 24.3 Å². The van der Waals surface area contributed by atoms with Gasteiger partial charge in [0.05, 0.1) is 12.0 Å². The summed E-state index contributed by atoms with van der Waals surface area (Å²) in [6, 6.07) is 13.5. The number of fused-ring (bicyclic) bond motifs is 1. The summed E-state index contributed by atoms with van der Waals surface area (Å²) in [5, 5.41) is 9.80. The van der Waals surface area contributed by atoms with E-state index in [9.17, 15) is 9.59 Å². The van der Waals surface area contributed by atoms with Crippen molar-refractivity contribution in [2.45, 2.75) is 6.42 Å². The van der Waals surface area contributed by atoms with Gasteiger partial charge in [-0.1, -0.05) is 18.2 Å². The van der Waals surface area contributed by atoms with Gasteiger partial charge in [0.2, 0.25) is 0 Å². The number of ether oxygens (including phenoxy) is 1. The van der Waals surface area contributed by atoms with Crippen molar-refractivity contribution >= 4 is 22.8 Å². The summed E-state index contributed by atoms with van der Waals surface area (Å²) >= 11 is 0. The van der Waals surface area contributed by atoms with E-state index in [4.69, 9.17) is 9.84 Å². The number of hydrogen-bond acceptors (Lipinski definition) is 3. The third-order valence-electron chi connectivity index (χ3n) is 3.34. The second-order valence-electron chi connectivity index (χ2n) is 4.84. The lowest BCUT2D eigenvalue weighted by atomic mass is 10.1. The number of esters is 1. The first-order valence-corrected chi connectivity index (χ1v) is 6.72. The van der Waals surface area contributed by atoms with Gasteiger partial charge < -0.3 is 14.8 Å². The van der Waals surface area contributed by atoms with Crippen molar-refractivity contribution in [3.63, 3.8) is 0 Å². The molecule has 0 amide bonds. The predicted octanol–water partition coefficient (Wildman–Crippen LogP) is 3.01. The minimum absolute atomic E-state index is 0.144. The molecule has 2 N–H and O–H groups in total. The van der Waals surface area contributed by atoms with Crippen LogP contribution in [0.4, 0.5) is 0 Å². The predicted molar refractivity (Wildman–Crippen MR) is 81.0 cm³/mol. The SMILES string of the molecule is O=C(Cc1c[nH]c2ccccc12)Oc1ccc(C(=O)O)cc1. The molecule has 0 aliphatic carbocycles. The van der Waals surface area contributed by atoms with E-state index in [1.165, 1.54) is 24.3 Å². The number of aromatic carboxylic acids is 1. The summed E-state index contributed by atoms with van der Waals surface area (Å²) in [4.78, 5) is 25.9. The number of carboxylic acids is 1. The van der Waals surface area contributed by atoms with Crippen LogP contribution in [-0.2, 0) is 11.2 Å². The average molecular weight is 295 g/mol. The molecule has 0 aliphatic rings. The van der Waals surface area contributed by atoms with Crippen LogP contribution >= 0.6 is 0 Å². The molecule has 0 aliphatic heterocycles. The maximum Gasteiger partial charge on any atom is 0.335 e. The maximum absolute atomic E-state index is 12.0. The Balaban J connectivity index is 1.71. The second-order valence-corrected chi connectivity index (χ2v) is 4.84. The van der Waals surface area contributed by atoms with Crippen molar-refractivity contribution in [3.05, 3.63) is 65.9 Å². The Labute approximate surface area is 126 Å². The molecule has 0 saturated heterocycles. The highest BCUT2D eigenvalue weighted by Gasteiger charge is 2.11. The molecule has 5 nitrogen and oxygen atoms in total. The Kier molecular flexibility index (Phi) is 3.62. The lowest BCUT2D eigenvalue weighted by Gasteiger charge is -2.04. The molecule has 3 rings (SSSR count). The lowest BCUT2D eigenvalue weighted by Crippen LogP contribution is -2.11. The van der Waals surface area contributed by atoms with Gasteiger partial charge in [-0.2, -0.15) is 0 Å². The minimum Gasteiger partial charge on any atom is -0.478 e. The Bertz CT molecular complexity index is 833. The van der Waals surface area contributed by atoms with Crippen LogP contribution in [0.5, 0.6) is 5.75 Å². The summed E-state index contributed by atoms with van der Waals surface area (Å²) in [6.45, 7) is 0. The molecule has 0 atom stereocenters. The van der Waals surface area contributed by atoms with Crippen molar-refractivity contribution in [1.82, 2.24) is 4.98 Å². The molecule has 0 unspecified atom stereocenters. The van der Waals surface area contributed by atoms with Gasteiger partial charge in [-0.25, -0.2) is 4.79 Å². The van der Waals surface area contributed by atoms with Crippen LogP contribution in [0.3, 0.4) is 0 Å². The number of carbonyl (C=O) groups is 2. The first kappa shape index (κ1) is 13.9. The monoisotopic (exact) mass is 295 g/mol. The molecule has 5 heteroatoms. The van der Waals surface area contributed by atoms with Gasteiger partial charge in [0.25, 0.3) is 0 Å². The molecule has 0 bridgehead atoms. The summed E-state index contributed by atoms with van der Waals surface area (Å²) in [6.07, 6.45) is 1.93. The fourth-order valence-corrected chi connectivity index (χ4v) is 2.27. The van der Waals surface area contributed by atoms with Gasteiger partial charge in [-0.05, 0) is 35.9 Å². The third-order valence-corrected chi connectivity index (χ3v) is 3.34. The minimum atomic E-state index is -1.02. The van der Waals surface area contributed by atoms with Crippen LogP contribution in [0.15, 0.2) is 54.7 Å². The van der Waals surface area contributed by atoms with Gasteiger partial charge >= 0.3 is 11.9 Å². The number of aromatic nitrogens is 1. The van der Waals surface area contributed by atoms with Crippen molar-refractivity contribution in [2.75, 3.05) is 0 Å². The van der Waals surface area contributed by atoms with Crippen molar-refractivity contribution in [1.29, 1.82) is 0 Å². The summed E-state index contributed by atoms with van der Waals surface area (Å²) in [7, 11) is 0. The highest BCUT2D eigenvalue weighted by Crippen LogP contribution is 2.19. The highest BCUT2D eigenvalue weighted by molar-refractivity contribution is 5.89. The second kappa shape index (κ2) is 5.73. The molecule has 3 aromatic rings. The molecule has 110 valence electrons. The van der Waals surface area contributed by atoms with Gasteiger partial charge in [0.1, 0.15) is 5.75 Å². The molecule has 2 aromatic carbocycles. The van der Waals surface area contributed by atoms with E-state index in [0.29, 0.717) is 5.75 Å². The van der Waals surface area contributed by atoms with E-state index in [0.717, 1.165) is 16.5 Å². The van der Waals surface area contributed by atoms with Crippen molar-refractivity contribution in [2.24, 2.45) is 0 Å². The number of benzene rings is 2. The van der Waals surface area contributed by atoms with Crippen LogP contribution in [0, 0.1) is 0 Å². The van der Waals surface area contributed by atoms with Crippen LogP contribution in [0.2, 0.25) is 0 Å². The Hall–Kier alpha value is -3.08. The Morgan fingerprint density at radius 1 is 1.05 bits per heavy atom. The van der Waals surface area contributed by atoms with Gasteiger partial charge in [0.15, 0.2) is 0 Å². The molecule has 1 heterocycles. The quantitative estimate of drug-likeness (QED) is 0.573. The van der Waals surface area contributed by atoms with Gasteiger partial charge in [-0.15, -0.1) is 0 Å². The fourth-order valence-electron chi connectivity index (χ4n) is 2.27. The summed E-state index contributed by atoms with van der Waals surface area (Å²) in [5.41, 5.74) is 1.98. The number of carbonyl (C=O) groups excluding carboxylic acids is 1. The van der Waals surface area contributed by atoms with Crippen LogP contribution in [-0.4, -0.2) is 22.0 Å². The molecular formula is C17H13NO4. The van der Waals surface area contributed by atoms with Crippen molar-refractivity contribution in [3.8, 4) is 5.75 Å². The highest BCUT2D eigenvalue weighted by atomic mass is 16.5. The first-order valence-electron chi connectivity index (χ1n) is 6.72. The lowest BCUT2D eigenvalue weighted by molar-refractivity contribution is -0.133. The standard InChI is InChI=1S/C17H13NO4/c19-16(22-13-7-5-11(6-8-13)17(20)21)9-12-10-18-15-4-2-1-3-14(12)15/h1-8,10,18H,9H2,(H,20,21). The number of H-pyrrole nitrogens is 1. The van der Waals surface area contributed by atoms with Crippen LogP contribution in [0.25, 0.3) is 10.9 Å². The zero-order valence-corrected chi connectivity index (χ0v) is 11.6. The number of para-hydroxylation sites is 1. The zero-order valence-electron chi connectivity index (χ0n) is 11.6. The van der Waals surface area contributed by atoms with Gasteiger partial charge in [0, 0.05) is 17.1 Å². The number of hydrogen-bond donors (Lipinski definition) is 2. The first-order chi connectivity index (χ1) is 10.6. The number of carboxylic acid groups (broad SMARTS) is 1. The molecule has 0 fully saturated rings. The molecule has 0 spiro atoms. The zero-order chi connectivity index (χ0) is 15.5. The largest absolute Gasteiger partial charge is 0.478 e. The third kappa shape index (κ3) is 2.83. The topological polar surface area (TPSA) is 79.4 Å². The van der Waals surface area contributed by atoms with Crippen molar-refractivity contribution < 1.29 is 19.4 Å². The maximum atomic E-state index is 12.0. The van der Waals surface area contributed by atoms with E-state index >= 15 is 0 Å². The smallest absolute Gasteiger partial charge is 0.335 e. The van der Waals surface area contributed by atoms with E-state index in [-0.39, 0.29) is 12.0 Å². The number of rotatable bonds is 4. The van der Waals surface area contributed by atoms with Crippen LogP contribution in [0.1, 0.15) is 15.9 Å². The average Bonchev–Trinajstić information content (AvgIpc) is 2.91. The van der Waals surface area contributed by atoms with Gasteiger partial charge in [-0.3, -0.25) is 4.79 Å². The van der Waals surface area contributed by atoms with Crippen LogP contribution < -0.4 is 4.74 Å². The normalized spacial score (nSPS) is 10.5. The fraction of sp³-hybridized carbons (Fsp3) is 0.0588. The number of nitrogens with one attached hydrogen (secondary N) is 1. The van der Waals surface area contributed by atoms with E-state index in [1.54, 1.807) is 6.20 Å². The van der Waals surface area contributed by atoms with E-state index in [2.05, 4.69) is 4.98 Å². The molecule has 22 heavy (non-hydrogen) atoms. The Morgan fingerprint density at radius 3 is 2.50 bits per heavy atom. The molecule has 0 radical (unpaired) electrons. The summed E-state index contributed by atoms with van der Waals surface area (Å²) in [5.74, 6) is -1.08. The molecule has 1 aromatic heterocycles. The van der Waals surface area contributed by atoms with E-state index < -0.39 is 11.9 Å². The molecule has 0 saturated carbocycles. The Morgan fingerprint density at radius 2 is 1.77 bits per heavy atom. The molecular weight excluding hydrogens is 282 g/mol. The summed E-state index contributed by atoms with van der Waals surface area (Å²) < 4.78 is 5.23. The number of aromatic amines is 1.